The van der Waals surface area contributed by atoms with Crippen molar-refractivity contribution in [2.24, 2.45) is 5.92 Å². The number of rotatable bonds is 2. The molecule has 1 aliphatic heterocycles. The molecule has 4 nitrogen and oxygen atoms in total. The monoisotopic (exact) mass is 259 g/mol. The van der Waals surface area contributed by atoms with Crippen LogP contribution in [0.2, 0.25) is 4.47 Å². The molecule has 1 saturated heterocycles. The molecule has 0 N–H and O–H groups in total. The van der Waals surface area contributed by atoms with Gasteiger partial charge >= 0.3 is 0 Å². The Labute approximate surface area is 104 Å². The molecule has 0 saturated carbocycles. The summed E-state index contributed by atoms with van der Waals surface area (Å²) in [5.41, 5.74) is 0. The number of amides is 1. The number of hydrogen-bond donors (Lipinski definition) is 0. The van der Waals surface area contributed by atoms with E-state index in [4.69, 9.17) is 11.6 Å². The summed E-state index contributed by atoms with van der Waals surface area (Å²) in [6, 6.07) is 0. The number of hydrogen-bond acceptors (Lipinski definition) is 4. The van der Waals surface area contributed by atoms with Crippen molar-refractivity contribution in [2.45, 2.75) is 26.2 Å². The molecule has 0 radical (unpaired) electrons. The van der Waals surface area contributed by atoms with Crippen molar-refractivity contribution in [3.8, 4) is 0 Å². The fourth-order valence-electron chi connectivity index (χ4n) is 2.01. The van der Waals surface area contributed by atoms with Gasteiger partial charge in [0.2, 0.25) is 9.47 Å². The summed E-state index contributed by atoms with van der Waals surface area (Å²) in [4.78, 5) is 13.9. The third-order valence-electron chi connectivity index (χ3n) is 2.97. The molecule has 1 unspecified atom stereocenters. The van der Waals surface area contributed by atoms with Crippen LogP contribution in [0.3, 0.4) is 0 Å². The molecule has 1 atom stereocenters. The molecule has 0 aliphatic carbocycles. The van der Waals surface area contributed by atoms with Gasteiger partial charge in [-0.3, -0.25) is 4.79 Å². The second-order valence-corrected chi connectivity index (χ2v) is 5.59. The molecule has 0 spiro atoms. The minimum Gasteiger partial charge on any atom is -0.336 e. The highest BCUT2D eigenvalue weighted by molar-refractivity contribution is 7.17. The number of halogens is 1. The second kappa shape index (κ2) is 5.10. The summed E-state index contributed by atoms with van der Waals surface area (Å²) in [7, 11) is 0. The van der Waals surface area contributed by atoms with Crippen LogP contribution in [0.5, 0.6) is 0 Å². The first-order valence-electron chi connectivity index (χ1n) is 5.49. The Morgan fingerprint density at radius 2 is 2.44 bits per heavy atom. The normalized spacial score (nSPS) is 21.1. The maximum absolute atomic E-state index is 12.0. The maximum atomic E-state index is 12.0. The lowest BCUT2D eigenvalue weighted by atomic mass is 9.96. The van der Waals surface area contributed by atoms with Crippen LogP contribution in [-0.4, -0.2) is 34.1 Å². The molecule has 16 heavy (non-hydrogen) atoms. The summed E-state index contributed by atoms with van der Waals surface area (Å²) in [5.74, 6) is 0.601. The van der Waals surface area contributed by atoms with Crippen LogP contribution in [0.1, 0.15) is 36.0 Å². The van der Waals surface area contributed by atoms with Crippen LogP contribution in [0, 0.1) is 5.92 Å². The quantitative estimate of drug-likeness (QED) is 0.820. The van der Waals surface area contributed by atoms with Gasteiger partial charge in [-0.1, -0.05) is 24.7 Å². The lowest BCUT2D eigenvalue weighted by Crippen LogP contribution is -2.39. The molecule has 1 aromatic rings. The van der Waals surface area contributed by atoms with Crippen molar-refractivity contribution in [1.29, 1.82) is 0 Å². The lowest BCUT2D eigenvalue weighted by Gasteiger charge is -2.31. The minimum absolute atomic E-state index is 0.0254. The Kier molecular flexibility index (Phi) is 3.76. The van der Waals surface area contributed by atoms with E-state index >= 15 is 0 Å². The van der Waals surface area contributed by atoms with Gasteiger partial charge in [-0.2, -0.15) is 0 Å². The molecular formula is C10H14ClN3OS. The standard InChI is InChI=1S/C10H14ClN3OS/c1-2-7-4-3-5-14(6-7)9(15)8-12-13-10(11)16-8/h7H,2-6H2,1H3. The van der Waals surface area contributed by atoms with Gasteiger partial charge in [-0.05, 0) is 30.4 Å². The maximum Gasteiger partial charge on any atom is 0.284 e. The predicted molar refractivity (Wildman–Crippen MR) is 63.8 cm³/mol. The number of carbonyl (C=O) groups is 1. The van der Waals surface area contributed by atoms with Crippen LogP contribution in [0.15, 0.2) is 0 Å². The Balaban J connectivity index is 2.04. The first-order valence-corrected chi connectivity index (χ1v) is 6.68. The van der Waals surface area contributed by atoms with Crippen molar-refractivity contribution in [2.75, 3.05) is 13.1 Å². The topological polar surface area (TPSA) is 46.1 Å². The zero-order valence-corrected chi connectivity index (χ0v) is 10.7. The van der Waals surface area contributed by atoms with E-state index < -0.39 is 0 Å². The molecule has 0 bridgehead atoms. The van der Waals surface area contributed by atoms with E-state index in [9.17, 15) is 4.79 Å². The van der Waals surface area contributed by atoms with Crippen LogP contribution >= 0.6 is 22.9 Å². The smallest absolute Gasteiger partial charge is 0.284 e. The van der Waals surface area contributed by atoms with E-state index in [-0.39, 0.29) is 5.91 Å². The first kappa shape index (κ1) is 11.8. The number of likely N-dealkylation sites (tertiary alicyclic amines) is 1. The van der Waals surface area contributed by atoms with E-state index in [1.165, 1.54) is 6.42 Å². The van der Waals surface area contributed by atoms with Crippen LogP contribution in [-0.2, 0) is 0 Å². The zero-order valence-electron chi connectivity index (χ0n) is 9.15. The van der Waals surface area contributed by atoms with Crippen molar-refractivity contribution >= 4 is 28.8 Å². The Morgan fingerprint density at radius 1 is 1.62 bits per heavy atom. The molecule has 1 amide bonds. The van der Waals surface area contributed by atoms with E-state index in [2.05, 4.69) is 17.1 Å². The summed E-state index contributed by atoms with van der Waals surface area (Å²) >= 11 is 6.82. The number of nitrogens with zero attached hydrogens (tertiary/aromatic N) is 3. The van der Waals surface area contributed by atoms with E-state index in [0.717, 1.165) is 37.3 Å². The fraction of sp³-hybridized carbons (Fsp3) is 0.700. The Bertz CT molecular complexity index is 382. The number of carbonyl (C=O) groups excluding carboxylic acids is 1. The van der Waals surface area contributed by atoms with E-state index in [1.807, 2.05) is 4.90 Å². The molecular weight excluding hydrogens is 246 g/mol. The van der Waals surface area contributed by atoms with Crippen molar-refractivity contribution in [1.82, 2.24) is 15.1 Å². The van der Waals surface area contributed by atoms with Gasteiger partial charge in [0.25, 0.3) is 5.91 Å². The highest BCUT2D eigenvalue weighted by Crippen LogP contribution is 2.22. The number of aromatic nitrogens is 2. The molecule has 88 valence electrons. The molecule has 1 aliphatic rings. The number of piperidine rings is 1. The predicted octanol–water partition coefficient (Wildman–Crippen LogP) is 2.45. The highest BCUT2D eigenvalue weighted by Gasteiger charge is 2.25. The van der Waals surface area contributed by atoms with Gasteiger partial charge < -0.3 is 4.90 Å². The van der Waals surface area contributed by atoms with E-state index in [0.29, 0.717) is 15.4 Å². The third kappa shape index (κ3) is 2.52. The van der Waals surface area contributed by atoms with Crippen molar-refractivity contribution in [3.05, 3.63) is 9.47 Å². The molecule has 6 heteroatoms. The second-order valence-electron chi connectivity index (χ2n) is 4.03. The molecule has 2 rings (SSSR count). The molecule has 2 heterocycles. The summed E-state index contributed by atoms with van der Waals surface area (Å²) in [6.45, 7) is 3.83. The average molecular weight is 260 g/mol. The third-order valence-corrected chi connectivity index (χ3v) is 3.97. The summed E-state index contributed by atoms with van der Waals surface area (Å²) in [6.07, 6.45) is 3.43. The van der Waals surface area contributed by atoms with Crippen molar-refractivity contribution in [3.63, 3.8) is 0 Å². The summed E-state index contributed by atoms with van der Waals surface area (Å²) < 4.78 is 0.326. The fourth-order valence-corrected chi connectivity index (χ4v) is 2.81. The molecule has 0 aromatic carbocycles. The van der Waals surface area contributed by atoms with Crippen LogP contribution in [0.25, 0.3) is 0 Å². The SMILES string of the molecule is CCC1CCCN(C(=O)c2nnc(Cl)s2)C1. The van der Waals surface area contributed by atoms with Crippen LogP contribution in [0.4, 0.5) is 0 Å². The van der Waals surface area contributed by atoms with Gasteiger partial charge in [0.05, 0.1) is 0 Å². The largest absolute Gasteiger partial charge is 0.336 e. The van der Waals surface area contributed by atoms with Gasteiger partial charge in [0, 0.05) is 13.1 Å². The summed E-state index contributed by atoms with van der Waals surface area (Å²) in [5, 5.41) is 7.85. The van der Waals surface area contributed by atoms with Gasteiger partial charge in [-0.15, -0.1) is 10.2 Å². The van der Waals surface area contributed by atoms with Gasteiger partial charge in [-0.25, -0.2) is 0 Å². The Hall–Kier alpha value is -0.680. The zero-order chi connectivity index (χ0) is 11.5. The van der Waals surface area contributed by atoms with E-state index in [1.54, 1.807) is 0 Å². The Morgan fingerprint density at radius 3 is 3.06 bits per heavy atom. The highest BCUT2D eigenvalue weighted by atomic mass is 35.5. The minimum atomic E-state index is -0.0254. The molecule has 1 fully saturated rings. The van der Waals surface area contributed by atoms with Gasteiger partial charge in [0.15, 0.2) is 0 Å². The first-order chi connectivity index (χ1) is 7.70. The lowest BCUT2D eigenvalue weighted by molar-refractivity contribution is 0.0670. The molecule has 1 aromatic heterocycles. The van der Waals surface area contributed by atoms with Crippen molar-refractivity contribution < 1.29 is 4.79 Å². The van der Waals surface area contributed by atoms with Crippen LogP contribution < -0.4 is 0 Å². The van der Waals surface area contributed by atoms with Gasteiger partial charge in [0.1, 0.15) is 0 Å². The average Bonchev–Trinajstić information content (AvgIpc) is 2.75.